The van der Waals surface area contributed by atoms with Crippen LogP contribution >= 0.6 is 0 Å². The Morgan fingerprint density at radius 2 is 1.89 bits per heavy atom. The third-order valence-corrected chi connectivity index (χ3v) is 2.50. The van der Waals surface area contributed by atoms with Crippen LogP contribution in [-0.4, -0.2) is 22.3 Å². The zero-order valence-electron chi connectivity index (χ0n) is 10.8. The van der Waals surface area contributed by atoms with Crippen LogP contribution in [-0.2, 0) is 4.79 Å². The van der Waals surface area contributed by atoms with Crippen molar-refractivity contribution in [2.24, 2.45) is 0 Å². The Balaban J connectivity index is 1.97. The van der Waals surface area contributed by atoms with E-state index >= 15 is 0 Å². The van der Waals surface area contributed by atoms with Crippen LogP contribution in [0.15, 0.2) is 42.7 Å². The summed E-state index contributed by atoms with van der Waals surface area (Å²) in [6.45, 7) is 2.15. The van der Waals surface area contributed by atoms with Crippen molar-refractivity contribution in [1.29, 1.82) is 0 Å². The first-order valence-electron chi connectivity index (χ1n) is 6.11. The Bertz CT molecular complexity index is 542. The van der Waals surface area contributed by atoms with Gasteiger partial charge in [-0.3, -0.25) is 4.79 Å². The van der Waals surface area contributed by atoms with Gasteiger partial charge in [0.05, 0.1) is 0 Å². The molecular formula is C14H16N4O. The number of carbonyl (C=O) groups excluding carboxylic acids is 1. The molecule has 0 saturated carbocycles. The molecule has 2 aromatic rings. The number of hydrogen-bond donors (Lipinski definition) is 2. The molecule has 0 unspecified atom stereocenters. The maximum absolute atomic E-state index is 10.9. The maximum atomic E-state index is 10.9. The van der Waals surface area contributed by atoms with Gasteiger partial charge in [-0.05, 0) is 19.1 Å². The molecule has 0 atom stereocenters. The molecule has 98 valence electrons. The summed E-state index contributed by atoms with van der Waals surface area (Å²) in [5.41, 5.74) is 0.968. The van der Waals surface area contributed by atoms with Gasteiger partial charge >= 0.3 is 0 Å². The Kier molecular flexibility index (Phi) is 4.44. The van der Waals surface area contributed by atoms with E-state index in [1.165, 1.54) is 6.33 Å². The van der Waals surface area contributed by atoms with Crippen LogP contribution in [0.5, 0.6) is 0 Å². The molecule has 1 heterocycles. The fraction of sp³-hybridized carbons (Fsp3) is 0.214. The average molecular weight is 256 g/mol. The minimum Gasteiger partial charge on any atom is -0.369 e. The maximum Gasteiger partial charge on any atom is 0.135 e. The number of anilines is 3. The van der Waals surface area contributed by atoms with Crippen LogP contribution in [0.3, 0.4) is 0 Å². The van der Waals surface area contributed by atoms with E-state index < -0.39 is 0 Å². The number of aromatic nitrogens is 2. The summed E-state index contributed by atoms with van der Waals surface area (Å²) in [5, 5.41) is 6.28. The molecule has 0 saturated heterocycles. The second-order valence-corrected chi connectivity index (χ2v) is 4.16. The van der Waals surface area contributed by atoms with Crippen LogP contribution in [0.4, 0.5) is 17.3 Å². The van der Waals surface area contributed by atoms with E-state index in [1.807, 2.05) is 36.4 Å². The van der Waals surface area contributed by atoms with E-state index in [0.717, 1.165) is 5.69 Å². The molecule has 0 radical (unpaired) electrons. The standard InChI is InChI=1S/C14H16N4O/c1-11(19)7-8-15-13-9-14(17-10-16-13)18-12-5-3-2-4-6-12/h2-6,9-10H,7-8H2,1H3,(H2,15,16,17,18). The summed E-state index contributed by atoms with van der Waals surface area (Å²) in [6.07, 6.45) is 1.98. The second-order valence-electron chi connectivity index (χ2n) is 4.16. The number of rotatable bonds is 6. The van der Waals surface area contributed by atoms with E-state index in [-0.39, 0.29) is 5.78 Å². The van der Waals surface area contributed by atoms with Gasteiger partial charge in [0.1, 0.15) is 23.7 Å². The van der Waals surface area contributed by atoms with Crippen molar-refractivity contribution in [3.05, 3.63) is 42.7 Å². The fourth-order valence-electron chi connectivity index (χ4n) is 1.56. The number of para-hydroxylation sites is 1. The number of benzene rings is 1. The molecule has 0 fully saturated rings. The zero-order chi connectivity index (χ0) is 13.5. The molecule has 5 heteroatoms. The topological polar surface area (TPSA) is 66.9 Å². The van der Waals surface area contributed by atoms with Crippen molar-refractivity contribution >= 4 is 23.1 Å². The van der Waals surface area contributed by atoms with Crippen LogP contribution < -0.4 is 10.6 Å². The van der Waals surface area contributed by atoms with Crippen LogP contribution in [0.1, 0.15) is 13.3 Å². The van der Waals surface area contributed by atoms with Crippen molar-refractivity contribution in [3.63, 3.8) is 0 Å². The zero-order valence-corrected chi connectivity index (χ0v) is 10.8. The van der Waals surface area contributed by atoms with Crippen LogP contribution in [0.25, 0.3) is 0 Å². The van der Waals surface area contributed by atoms with Gasteiger partial charge in [-0.15, -0.1) is 0 Å². The predicted molar refractivity (Wildman–Crippen MR) is 75.5 cm³/mol. The molecule has 0 aliphatic rings. The van der Waals surface area contributed by atoms with Crippen molar-refractivity contribution in [2.75, 3.05) is 17.2 Å². The lowest BCUT2D eigenvalue weighted by atomic mass is 10.3. The number of ketones is 1. The fourth-order valence-corrected chi connectivity index (χ4v) is 1.56. The number of nitrogens with one attached hydrogen (secondary N) is 2. The summed E-state index contributed by atoms with van der Waals surface area (Å²) in [6, 6.07) is 11.6. The summed E-state index contributed by atoms with van der Waals surface area (Å²) in [4.78, 5) is 19.1. The van der Waals surface area contributed by atoms with Gasteiger partial charge in [0, 0.05) is 24.7 Å². The van der Waals surface area contributed by atoms with E-state index in [4.69, 9.17) is 0 Å². The van der Waals surface area contributed by atoms with Gasteiger partial charge in [0.15, 0.2) is 0 Å². The molecule has 0 aliphatic carbocycles. The lowest BCUT2D eigenvalue weighted by Crippen LogP contribution is -2.07. The highest BCUT2D eigenvalue weighted by molar-refractivity contribution is 5.76. The molecule has 19 heavy (non-hydrogen) atoms. The molecule has 0 bridgehead atoms. The minimum absolute atomic E-state index is 0.157. The highest BCUT2D eigenvalue weighted by atomic mass is 16.1. The number of carbonyl (C=O) groups is 1. The first-order valence-corrected chi connectivity index (χ1v) is 6.11. The van der Waals surface area contributed by atoms with Gasteiger partial charge < -0.3 is 10.6 Å². The number of hydrogen-bond acceptors (Lipinski definition) is 5. The van der Waals surface area contributed by atoms with Crippen molar-refractivity contribution < 1.29 is 4.79 Å². The second kappa shape index (κ2) is 6.49. The van der Waals surface area contributed by atoms with E-state index in [1.54, 1.807) is 6.92 Å². The highest BCUT2D eigenvalue weighted by Crippen LogP contribution is 2.15. The van der Waals surface area contributed by atoms with Gasteiger partial charge in [-0.25, -0.2) is 9.97 Å². The molecule has 5 nitrogen and oxygen atoms in total. The first-order chi connectivity index (χ1) is 9.24. The Morgan fingerprint density at radius 1 is 1.16 bits per heavy atom. The minimum atomic E-state index is 0.157. The number of Topliss-reactive ketones (excluding diaryl/α,β-unsaturated/α-hetero) is 1. The van der Waals surface area contributed by atoms with Gasteiger partial charge in [0.25, 0.3) is 0 Å². The van der Waals surface area contributed by atoms with Gasteiger partial charge in [-0.1, -0.05) is 18.2 Å². The number of nitrogens with zero attached hydrogens (tertiary/aromatic N) is 2. The summed E-state index contributed by atoms with van der Waals surface area (Å²) < 4.78 is 0. The SMILES string of the molecule is CC(=O)CCNc1cc(Nc2ccccc2)ncn1. The molecular weight excluding hydrogens is 240 g/mol. The van der Waals surface area contributed by atoms with E-state index in [2.05, 4.69) is 20.6 Å². The van der Waals surface area contributed by atoms with Crippen molar-refractivity contribution in [2.45, 2.75) is 13.3 Å². The lowest BCUT2D eigenvalue weighted by molar-refractivity contribution is -0.116. The quantitative estimate of drug-likeness (QED) is 0.831. The average Bonchev–Trinajstić information content (AvgIpc) is 2.40. The molecule has 0 aliphatic heterocycles. The largest absolute Gasteiger partial charge is 0.369 e. The molecule has 0 spiro atoms. The highest BCUT2D eigenvalue weighted by Gasteiger charge is 2.00. The molecule has 1 aromatic carbocycles. The third-order valence-electron chi connectivity index (χ3n) is 2.50. The summed E-state index contributed by atoms with van der Waals surface area (Å²) in [7, 11) is 0. The van der Waals surface area contributed by atoms with Gasteiger partial charge in [-0.2, -0.15) is 0 Å². The van der Waals surface area contributed by atoms with E-state index in [0.29, 0.717) is 24.6 Å². The predicted octanol–water partition coefficient (Wildman–Crippen LogP) is 2.61. The normalized spacial score (nSPS) is 9.95. The smallest absolute Gasteiger partial charge is 0.135 e. The van der Waals surface area contributed by atoms with E-state index in [9.17, 15) is 4.79 Å². The Morgan fingerprint density at radius 3 is 2.63 bits per heavy atom. The lowest BCUT2D eigenvalue weighted by Gasteiger charge is -2.07. The van der Waals surface area contributed by atoms with Crippen molar-refractivity contribution in [1.82, 2.24) is 9.97 Å². The first kappa shape index (κ1) is 13.0. The molecule has 2 rings (SSSR count). The Hall–Kier alpha value is -2.43. The van der Waals surface area contributed by atoms with Gasteiger partial charge in [0.2, 0.25) is 0 Å². The summed E-state index contributed by atoms with van der Waals surface area (Å²) >= 11 is 0. The monoisotopic (exact) mass is 256 g/mol. The van der Waals surface area contributed by atoms with Crippen LogP contribution in [0.2, 0.25) is 0 Å². The molecule has 2 N–H and O–H groups in total. The third kappa shape index (κ3) is 4.39. The molecule has 0 amide bonds. The van der Waals surface area contributed by atoms with Crippen molar-refractivity contribution in [3.8, 4) is 0 Å². The van der Waals surface area contributed by atoms with Crippen LogP contribution in [0, 0.1) is 0 Å². The molecule has 1 aromatic heterocycles. The summed E-state index contributed by atoms with van der Waals surface area (Å²) in [5.74, 6) is 1.57. The Labute approximate surface area is 112 Å².